The van der Waals surface area contributed by atoms with Gasteiger partial charge >= 0.3 is 0 Å². The van der Waals surface area contributed by atoms with Crippen LogP contribution in [0.1, 0.15) is 42.3 Å². The number of oxazole rings is 1. The Kier molecular flexibility index (Phi) is 2.82. The van der Waals surface area contributed by atoms with Crippen LogP contribution in [0.25, 0.3) is 11.1 Å². The molecule has 0 aliphatic heterocycles. The number of fused-ring (bicyclic) bond motifs is 1. The van der Waals surface area contributed by atoms with Crippen LogP contribution in [0.3, 0.4) is 0 Å². The van der Waals surface area contributed by atoms with Crippen molar-refractivity contribution in [3.8, 4) is 0 Å². The van der Waals surface area contributed by atoms with Gasteiger partial charge in [-0.15, -0.1) is 0 Å². The van der Waals surface area contributed by atoms with Crippen LogP contribution in [0, 0.1) is 20.8 Å². The third-order valence-electron chi connectivity index (χ3n) is 3.05. The predicted molar refractivity (Wildman–Crippen MR) is 70.0 cm³/mol. The molecule has 2 aromatic rings. The molecule has 0 atom stereocenters. The van der Waals surface area contributed by atoms with Gasteiger partial charge in [0.05, 0.1) is 0 Å². The Balaban J connectivity index is 2.86. The lowest BCUT2D eigenvalue weighted by Crippen LogP contribution is -1.89. The third-order valence-corrected chi connectivity index (χ3v) is 4.24. The molecule has 0 N–H and O–H groups in total. The summed E-state index contributed by atoms with van der Waals surface area (Å²) in [6, 6.07) is 0. The molecular weight excluding hydrogens is 266 g/mol. The van der Waals surface area contributed by atoms with Crippen molar-refractivity contribution in [3.05, 3.63) is 27.1 Å². The van der Waals surface area contributed by atoms with E-state index in [0.29, 0.717) is 5.92 Å². The summed E-state index contributed by atoms with van der Waals surface area (Å²) in [4.78, 5) is 4.59. The zero-order valence-electron chi connectivity index (χ0n) is 10.3. The van der Waals surface area contributed by atoms with Gasteiger partial charge in [-0.25, -0.2) is 4.98 Å². The molecule has 0 aliphatic carbocycles. The van der Waals surface area contributed by atoms with Crippen LogP contribution < -0.4 is 0 Å². The summed E-state index contributed by atoms with van der Waals surface area (Å²) in [6.45, 7) is 10.5. The highest BCUT2D eigenvalue weighted by Gasteiger charge is 2.17. The number of hydrogen-bond acceptors (Lipinski definition) is 2. The van der Waals surface area contributed by atoms with Crippen LogP contribution in [0.5, 0.6) is 0 Å². The minimum atomic E-state index is 0.324. The van der Waals surface area contributed by atoms with E-state index >= 15 is 0 Å². The fourth-order valence-corrected chi connectivity index (χ4v) is 2.29. The molecule has 86 valence electrons. The Labute approximate surface area is 104 Å². The van der Waals surface area contributed by atoms with E-state index in [1.165, 1.54) is 11.1 Å². The molecule has 0 saturated heterocycles. The summed E-state index contributed by atoms with van der Waals surface area (Å²) in [6.07, 6.45) is 0. The van der Waals surface area contributed by atoms with Gasteiger partial charge in [-0.3, -0.25) is 0 Å². The molecule has 1 aromatic heterocycles. The van der Waals surface area contributed by atoms with Crippen LogP contribution in [0.2, 0.25) is 0 Å². The topological polar surface area (TPSA) is 26.0 Å². The largest absolute Gasteiger partial charge is 0.440 e. The number of benzene rings is 1. The molecule has 0 spiro atoms. The molecule has 0 radical (unpaired) electrons. The van der Waals surface area contributed by atoms with E-state index in [4.69, 9.17) is 4.42 Å². The van der Waals surface area contributed by atoms with Crippen LogP contribution in [-0.2, 0) is 0 Å². The SMILES string of the molecule is Cc1c(Br)c(C)c2oc(C(C)C)nc2c1C. The average molecular weight is 282 g/mol. The molecule has 16 heavy (non-hydrogen) atoms. The number of aromatic nitrogens is 1. The highest BCUT2D eigenvalue weighted by molar-refractivity contribution is 9.10. The summed E-state index contributed by atoms with van der Waals surface area (Å²) >= 11 is 3.61. The molecule has 1 aromatic carbocycles. The van der Waals surface area contributed by atoms with E-state index in [0.717, 1.165) is 27.0 Å². The molecule has 1 heterocycles. The first-order valence-electron chi connectivity index (χ1n) is 5.49. The lowest BCUT2D eigenvalue weighted by Gasteiger charge is -2.06. The fourth-order valence-electron chi connectivity index (χ4n) is 1.82. The van der Waals surface area contributed by atoms with Gasteiger partial charge in [-0.2, -0.15) is 0 Å². The number of rotatable bonds is 1. The van der Waals surface area contributed by atoms with E-state index in [2.05, 4.69) is 55.5 Å². The van der Waals surface area contributed by atoms with Crippen molar-refractivity contribution in [3.63, 3.8) is 0 Å². The quantitative estimate of drug-likeness (QED) is 0.761. The van der Waals surface area contributed by atoms with Gasteiger partial charge in [-0.1, -0.05) is 29.8 Å². The van der Waals surface area contributed by atoms with E-state index < -0.39 is 0 Å². The number of hydrogen-bond donors (Lipinski definition) is 0. The van der Waals surface area contributed by atoms with Crippen molar-refractivity contribution in [2.45, 2.75) is 40.5 Å². The monoisotopic (exact) mass is 281 g/mol. The van der Waals surface area contributed by atoms with Crippen molar-refractivity contribution < 1.29 is 4.42 Å². The fraction of sp³-hybridized carbons (Fsp3) is 0.462. The maximum Gasteiger partial charge on any atom is 0.198 e. The van der Waals surface area contributed by atoms with Crippen molar-refractivity contribution in [2.75, 3.05) is 0 Å². The van der Waals surface area contributed by atoms with E-state index in [1.807, 2.05) is 0 Å². The van der Waals surface area contributed by atoms with E-state index in [9.17, 15) is 0 Å². The lowest BCUT2D eigenvalue weighted by molar-refractivity contribution is 0.500. The zero-order chi connectivity index (χ0) is 12.0. The Bertz CT molecular complexity index is 510. The molecular formula is C13H16BrNO. The van der Waals surface area contributed by atoms with E-state index in [-0.39, 0.29) is 0 Å². The highest BCUT2D eigenvalue weighted by Crippen LogP contribution is 2.34. The Hall–Kier alpha value is -0.830. The minimum Gasteiger partial charge on any atom is -0.440 e. The average Bonchev–Trinajstić information content (AvgIpc) is 2.68. The zero-order valence-corrected chi connectivity index (χ0v) is 11.9. The van der Waals surface area contributed by atoms with Crippen molar-refractivity contribution in [1.82, 2.24) is 4.98 Å². The van der Waals surface area contributed by atoms with Crippen LogP contribution in [0.4, 0.5) is 0 Å². The van der Waals surface area contributed by atoms with E-state index in [1.54, 1.807) is 0 Å². The summed E-state index contributed by atoms with van der Waals surface area (Å²) < 4.78 is 6.96. The minimum absolute atomic E-state index is 0.324. The molecule has 0 aliphatic rings. The summed E-state index contributed by atoms with van der Waals surface area (Å²) in [5.74, 6) is 1.14. The van der Waals surface area contributed by atoms with Gasteiger partial charge in [0.25, 0.3) is 0 Å². The van der Waals surface area contributed by atoms with Crippen molar-refractivity contribution >= 4 is 27.0 Å². The summed E-state index contributed by atoms with van der Waals surface area (Å²) in [7, 11) is 0. The van der Waals surface area contributed by atoms with Crippen LogP contribution in [-0.4, -0.2) is 4.98 Å². The molecule has 0 fully saturated rings. The summed E-state index contributed by atoms with van der Waals surface area (Å²) in [5, 5.41) is 0. The highest BCUT2D eigenvalue weighted by atomic mass is 79.9. The Morgan fingerprint density at radius 3 is 2.25 bits per heavy atom. The van der Waals surface area contributed by atoms with Gasteiger partial charge in [0.2, 0.25) is 0 Å². The number of halogens is 1. The number of nitrogens with zero attached hydrogens (tertiary/aromatic N) is 1. The lowest BCUT2D eigenvalue weighted by atomic mass is 10.1. The van der Waals surface area contributed by atoms with Crippen LogP contribution in [0.15, 0.2) is 8.89 Å². The smallest absolute Gasteiger partial charge is 0.198 e. The second-order valence-electron chi connectivity index (χ2n) is 4.57. The predicted octanol–water partition coefficient (Wildman–Crippen LogP) is 4.64. The molecule has 2 rings (SSSR count). The van der Waals surface area contributed by atoms with Gasteiger partial charge in [0.1, 0.15) is 5.52 Å². The first-order valence-corrected chi connectivity index (χ1v) is 6.28. The molecule has 2 nitrogen and oxygen atoms in total. The van der Waals surface area contributed by atoms with Crippen molar-refractivity contribution in [1.29, 1.82) is 0 Å². The Morgan fingerprint density at radius 1 is 1.06 bits per heavy atom. The molecule has 0 bridgehead atoms. The molecule has 0 saturated carbocycles. The maximum absolute atomic E-state index is 5.84. The van der Waals surface area contributed by atoms with Gasteiger partial charge in [0, 0.05) is 16.0 Å². The normalized spacial score (nSPS) is 11.7. The Morgan fingerprint density at radius 2 is 1.69 bits per heavy atom. The number of aryl methyl sites for hydroxylation is 2. The van der Waals surface area contributed by atoms with Crippen molar-refractivity contribution in [2.24, 2.45) is 0 Å². The van der Waals surface area contributed by atoms with Gasteiger partial charge in [-0.05, 0) is 31.9 Å². The van der Waals surface area contributed by atoms with Crippen LogP contribution >= 0.6 is 15.9 Å². The van der Waals surface area contributed by atoms with Gasteiger partial charge in [0.15, 0.2) is 11.5 Å². The third kappa shape index (κ3) is 1.58. The first-order chi connectivity index (χ1) is 7.43. The summed E-state index contributed by atoms with van der Waals surface area (Å²) in [5.41, 5.74) is 5.50. The second-order valence-corrected chi connectivity index (χ2v) is 5.37. The molecule has 0 unspecified atom stereocenters. The van der Waals surface area contributed by atoms with Gasteiger partial charge < -0.3 is 4.42 Å². The maximum atomic E-state index is 5.84. The molecule has 3 heteroatoms. The standard InChI is InChI=1S/C13H16BrNO/c1-6(2)13-15-11-8(4)7(3)10(14)9(5)12(11)16-13/h6H,1-5H3. The molecule has 0 amide bonds. The first kappa shape index (κ1) is 11.6. The second kappa shape index (κ2) is 3.88.